The van der Waals surface area contributed by atoms with Gasteiger partial charge < -0.3 is 14.9 Å². The average Bonchev–Trinajstić information content (AvgIpc) is 2.55. The Labute approximate surface area is 92.0 Å². The Kier molecular flexibility index (Phi) is 2.35. The summed E-state index contributed by atoms with van der Waals surface area (Å²) in [5.74, 6) is -1.08. The second-order valence-electron chi connectivity index (χ2n) is 4.09. The largest absolute Gasteiger partial charge is 0.480 e. The Hall–Kier alpha value is -1.62. The number of ketones is 1. The molecule has 1 aliphatic carbocycles. The van der Waals surface area contributed by atoms with Gasteiger partial charge in [0.05, 0.1) is 0 Å². The van der Waals surface area contributed by atoms with Crippen LogP contribution in [0.25, 0.3) is 0 Å². The van der Waals surface area contributed by atoms with Crippen molar-refractivity contribution in [3.05, 3.63) is 23.5 Å². The highest BCUT2D eigenvalue weighted by atomic mass is 16.6. The third-order valence-electron chi connectivity index (χ3n) is 3.05. The standard InChI is InChI=1S/C11H12O5/c1-6(12)11(10(14)15)3-2-8-7(5-11)4-9(13)16-8/h2-3,9,13H,4-5H2,1H3,(H,14,15). The molecule has 0 saturated heterocycles. The molecule has 2 aliphatic rings. The van der Waals surface area contributed by atoms with Gasteiger partial charge in [0.25, 0.3) is 0 Å². The smallest absolute Gasteiger partial charge is 0.321 e. The molecule has 1 heterocycles. The monoisotopic (exact) mass is 224 g/mol. The van der Waals surface area contributed by atoms with E-state index in [1.165, 1.54) is 19.1 Å². The van der Waals surface area contributed by atoms with Crippen LogP contribution in [0.2, 0.25) is 0 Å². The van der Waals surface area contributed by atoms with Gasteiger partial charge in [-0.05, 0) is 25.0 Å². The van der Waals surface area contributed by atoms with E-state index in [2.05, 4.69) is 0 Å². The fourth-order valence-corrected chi connectivity index (χ4v) is 2.05. The van der Waals surface area contributed by atoms with E-state index in [-0.39, 0.29) is 12.8 Å². The second kappa shape index (κ2) is 3.45. The zero-order chi connectivity index (χ0) is 11.9. The lowest BCUT2D eigenvalue weighted by molar-refractivity contribution is -0.150. The van der Waals surface area contributed by atoms with Gasteiger partial charge in [-0.2, -0.15) is 0 Å². The number of rotatable bonds is 2. The van der Waals surface area contributed by atoms with Crippen LogP contribution in [-0.4, -0.2) is 28.3 Å². The first-order valence-electron chi connectivity index (χ1n) is 4.96. The number of carbonyl (C=O) groups is 2. The molecule has 0 aromatic carbocycles. The molecule has 16 heavy (non-hydrogen) atoms. The summed E-state index contributed by atoms with van der Waals surface area (Å²) in [6.45, 7) is 1.26. The molecule has 2 N–H and O–H groups in total. The Bertz CT molecular complexity index is 404. The third kappa shape index (κ3) is 1.44. The van der Waals surface area contributed by atoms with E-state index in [0.717, 1.165) is 0 Å². The normalized spacial score (nSPS) is 32.2. The maximum absolute atomic E-state index is 11.5. The SMILES string of the molecule is CC(=O)C1(C(=O)O)C=CC2=C(CC(O)O2)C1. The number of hydrogen-bond acceptors (Lipinski definition) is 4. The first kappa shape index (κ1) is 10.9. The molecule has 0 saturated carbocycles. The summed E-state index contributed by atoms with van der Waals surface area (Å²) in [4.78, 5) is 22.7. The van der Waals surface area contributed by atoms with Gasteiger partial charge in [-0.1, -0.05) is 6.08 Å². The molecule has 0 bridgehead atoms. The summed E-state index contributed by atoms with van der Waals surface area (Å²) in [5.41, 5.74) is -0.806. The van der Waals surface area contributed by atoms with Crippen molar-refractivity contribution in [3.8, 4) is 0 Å². The number of carboxylic acids is 1. The minimum Gasteiger partial charge on any atom is -0.480 e. The van der Waals surface area contributed by atoms with Crippen molar-refractivity contribution in [1.82, 2.24) is 0 Å². The topological polar surface area (TPSA) is 83.8 Å². The van der Waals surface area contributed by atoms with E-state index in [0.29, 0.717) is 11.3 Å². The Morgan fingerprint density at radius 3 is 2.81 bits per heavy atom. The van der Waals surface area contributed by atoms with Crippen LogP contribution >= 0.6 is 0 Å². The van der Waals surface area contributed by atoms with Gasteiger partial charge in [0.1, 0.15) is 11.2 Å². The van der Waals surface area contributed by atoms with Crippen LogP contribution < -0.4 is 0 Å². The lowest BCUT2D eigenvalue weighted by Crippen LogP contribution is -2.37. The molecule has 1 aliphatic heterocycles. The number of carboxylic acid groups (broad SMARTS) is 1. The molecule has 0 spiro atoms. The quantitative estimate of drug-likeness (QED) is 0.671. The van der Waals surface area contributed by atoms with Crippen LogP contribution in [-0.2, 0) is 14.3 Å². The van der Waals surface area contributed by atoms with Crippen molar-refractivity contribution >= 4 is 11.8 Å². The van der Waals surface area contributed by atoms with E-state index in [4.69, 9.17) is 9.84 Å². The van der Waals surface area contributed by atoms with Gasteiger partial charge in [0.15, 0.2) is 5.78 Å². The molecule has 0 amide bonds. The highest BCUT2D eigenvalue weighted by molar-refractivity contribution is 6.04. The number of aliphatic hydroxyl groups excluding tert-OH is 1. The molecule has 0 fully saturated rings. The molecular formula is C11H12O5. The number of allylic oxidation sites excluding steroid dienone is 1. The highest BCUT2D eigenvalue weighted by Crippen LogP contribution is 2.41. The van der Waals surface area contributed by atoms with Gasteiger partial charge in [-0.3, -0.25) is 9.59 Å². The van der Waals surface area contributed by atoms with Crippen LogP contribution in [0.3, 0.4) is 0 Å². The lowest BCUT2D eigenvalue weighted by atomic mass is 9.74. The maximum atomic E-state index is 11.5. The molecule has 0 aromatic rings. The fourth-order valence-electron chi connectivity index (χ4n) is 2.05. The predicted octanol–water partition coefficient (Wildman–Crippen LogP) is 0.599. The van der Waals surface area contributed by atoms with Crippen molar-refractivity contribution in [1.29, 1.82) is 0 Å². The van der Waals surface area contributed by atoms with Crippen molar-refractivity contribution in [2.75, 3.05) is 0 Å². The minimum absolute atomic E-state index is 0.0839. The number of ether oxygens (including phenoxy) is 1. The maximum Gasteiger partial charge on any atom is 0.321 e. The molecule has 2 rings (SSSR count). The Morgan fingerprint density at radius 2 is 2.25 bits per heavy atom. The number of carbonyl (C=O) groups excluding carboxylic acids is 1. The predicted molar refractivity (Wildman–Crippen MR) is 53.2 cm³/mol. The van der Waals surface area contributed by atoms with E-state index in [1.54, 1.807) is 0 Å². The number of Topliss-reactive ketones (excluding diaryl/α,β-unsaturated/α-hetero) is 1. The van der Waals surface area contributed by atoms with Crippen LogP contribution in [0.5, 0.6) is 0 Å². The molecule has 2 unspecified atom stereocenters. The summed E-state index contributed by atoms with van der Waals surface area (Å²) >= 11 is 0. The number of hydrogen-bond donors (Lipinski definition) is 2. The fraction of sp³-hybridized carbons (Fsp3) is 0.455. The summed E-state index contributed by atoms with van der Waals surface area (Å²) < 4.78 is 5.06. The first-order chi connectivity index (χ1) is 7.45. The minimum atomic E-state index is -1.49. The average molecular weight is 224 g/mol. The molecule has 0 aromatic heterocycles. The number of aliphatic hydroxyl groups is 1. The van der Waals surface area contributed by atoms with Crippen LogP contribution in [0, 0.1) is 5.41 Å². The van der Waals surface area contributed by atoms with Crippen LogP contribution in [0.4, 0.5) is 0 Å². The van der Waals surface area contributed by atoms with Crippen molar-refractivity contribution in [2.24, 2.45) is 5.41 Å². The molecule has 2 atom stereocenters. The molecule has 5 heteroatoms. The molecular weight excluding hydrogens is 212 g/mol. The molecule has 0 radical (unpaired) electrons. The zero-order valence-corrected chi connectivity index (χ0v) is 8.77. The van der Waals surface area contributed by atoms with E-state index in [9.17, 15) is 14.7 Å². The van der Waals surface area contributed by atoms with Gasteiger partial charge in [0.2, 0.25) is 6.29 Å². The van der Waals surface area contributed by atoms with Gasteiger partial charge in [0, 0.05) is 6.42 Å². The summed E-state index contributed by atoms with van der Waals surface area (Å²) in [6, 6.07) is 0. The van der Waals surface area contributed by atoms with Gasteiger partial charge >= 0.3 is 5.97 Å². The number of aliphatic carboxylic acids is 1. The summed E-state index contributed by atoms with van der Waals surface area (Å²) in [6.07, 6.45) is 2.23. The molecule has 5 nitrogen and oxygen atoms in total. The highest BCUT2D eigenvalue weighted by Gasteiger charge is 2.45. The zero-order valence-electron chi connectivity index (χ0n) is 8.77. The van der Waals surface area contributed by atoms with E-state index < -0.39 is 23.5 Å². The van der Waals surface area contributed by atoms with Gasteiger partial charge in [-0.25, -0.2) is 0 Å². The van der Waals surface area contributed by atoms with Crippen molar-refractivity contribution < 1.29 is 24.5 Å². The van der Waals surface area contributed by atoms with E-state index in [1.807, 2.05) is 0 Å². The summed E-state index contributed by atoms with van der Waals surface area (Å²) in [7, 11) is 0. The van der Waals surface area contributed by atoms with E-state index >= 15 is 0 Å². The van der Waals surface area contributed by atoms with Crippen LogP contribution in [0.15, 0.2) is 23.5 Å². The Morgan fingerprint density at radius 1 is 1.56 bits per heavy atom. The van der Waals surface area contributed by atoms with Crippen molar-refractivity contribution in [3.63, 3.8) is 0 Å². The molecule has 86 valence electrons. The summed E-state index contributed by atoms with van der Waals surface area (Å²) in [5, 5.41) is 18.4. The first-order valence-corrected chi connectivity index (χ1v) is 4.96. The van der Waals surface area contributed by atoms with Crippen LogP contribution in [0.1, 0.15) is 19.8 Å². The van der Waals surface area contributed by atoms with Crippen molar-refractivity contribution in [2.45, 2.75) is 26.1 Å². The second-order valence-corrected chi connectivity index (χ2v) is 4.09. The van der Waals surface area contributed by atoms with Gasteiger partial charge in [-0.15, -0.1) is 0 Å². The lowest BCUT2D eigenvalue weighted by Gasteiger charge is -2.26. The third-order valence-corrected chi connectivity index (χ3v) is 3.05. The Balaban J connectivity index is 2.34.